The molecular weight excluding hydrogens is 244 g/mol. The van der Waals surface area contributed by atoms with Crippen LogP contribution < -0.4 is 11.1 Å². The van der Waals surface area contributed by atoms with Crippen LogP contribution in [-0.2, 0) is 0 Å². The molecule has 1 unspecified atom stereocenters. The molecule has 0 aromatic rings. The van der Waals surface area contributed by atoms with Gasteiger partial charge in [-0.05, 0) is 38.1 Å². The fourth-order valence-corrected chi connectivity index (χ4v) is 3.88. The van der Waals surface area contributed by atoms with Crippen LogP contribution in [0.3, 0.4) is 0 Å². The Bertz CT molecular complexity index is 256. The molecule has 0 aromatic carbocycles. The zero-order valence-electron chi connectivity index (χ0n) is 13.6. The van der Waals surface area contributed by atoms with Gasteiger partial charge in [-0.3, -0.25) is 0 Å². The van der Waals surface area contributed by atoms with Crippen LogP contribution in [0.15, 0.2) is 0 Å². The van der Waals surface area contributed by atoms with Crippen LogP contribution in [-0.4, -0.2) is 18.6 Å². The molecular formula is C18H36N2. The number of hydrogen-bond donors (Lipinski definition) is 2. The second-order valence-corrected chi connectivity index (χ2v) is 7.67. The summed E-state index contributed by atoms with van der Waals surface area (Å²) in [6.45, 7) is 4.28. The van der Waals surface area contributed by atoms with Gasteiger partial charge in [-0.1, -0.05) is 64.2 Å². The van der Waals surface area contributed by atoms with Crippen molar-refractivity contribution in [2.75, 3.05) is 13.1 Å². The van der Waals surface area contributed by atoms with Gasteiger partial charge < -0.3 is 11.1 Å². The average Bonchev–Trinajstić information content (AvgIpc) is 2.43. The summed E-state index contributed by atoms with van der Waals surface area (Å²) in [6, 6.07) is 0. The predicted octanol–water partition coefficient (Wildman–Crippen LogP) is 4.23. The largest absolute Gasteiger partial charge is 0.329 e. The highest BCUT2D eigenvalue weighted by molar-refractivity contribution is 4.85. The third-order valence-electron chi connectivity index (χ3n) is 5.85. The van der Waals surface area contributed by atoms with E-state index in [4.69, 9.17) is 5.73 Å². The second-order valence-electron chi connectivity index (χ2n) is 7.67. The van der Waals surface area contributed by atoms with Gasteiger partial charge in [0.05, 0.1) is 0 Å². The van der Waals surface area contributed by atoms with Crippen molar-refractivity contribution in [2.24, 2.45) is 17.6 Å². The van der Waals surface area contributed by atoms with Crippen molar-refractivity contribution in [2.45, 2.75) is 89.5 Å². The summed E-state index contributed by atoms with van der Waals surface area (Å²) in [6.07, 6.45) is 17.2. The van der Waals surface area contributed by atoms with Gasteiger partial charge in [-0.2, -0.15) is 0 Å². The lowest BCUT2D eigenvalue weighted by Gasteiger charge is -2.33. The van der Waals surface area contributed by atoms with Crippen LogP contribution in [0.2, 0.25) is 0 Å². The van der Waals surface area contributed by atoms with Crippen LogP contribution in [0.1, 0.15) is 84.0 Å². The minimum absolute atomic E-state index is 0.179. The first-order valence-corrected chi connectivity index (χ1v) is 9.17. The molecule has 0 amide bonds. The minimum Gasteiger partial charge on any atom is -0.329 e. The van der Waals surface area contributed by atoms with Crippen molar-refractivity contribution in [1.29, 1.82) is 0 Å². The molecule has 0 heterocycles. The zero-order chi connectivity index (χ0) is 14.3. The molecule has 0 bridgehead atoms. The first kappa shape index (κ1) is 16.3. The predicted molar refractivity (Wildman–Crippen MR) is 87.8 cm³/mol. The molecule has 118 valence electrons. The third-order valence-corrected chi connectivity index (χ3v) is 5.85. The van der Waals surface area contributed by atoms with Crippen LogP contribution in [0.4, 0.5) is 0 Å². The van der Waals surface area contributed by atoms with Gasteiger partial charge in [0.2, 0.25) is 0 Å². The molecule has 0 aromatic heterocycles. The highest BCUT2D eigenvalue weighted by atomic mass is 15.0. The van der Waals surface area contributed by atoms with Crippen molar-refractivity contribution in [3.05, 3.63) is 0 Å². The molecule has 0 saturated heterocycles. The topological polar surface area (TPSA) is 38.0 Å². The molecule has 2 fully saturated rings. The highest BCUT2D eigenvalue weighted by Gasteiger charge is 2.24. The van der Waals surface area contributed by atoms with Gasteiger partial charge >= 0.3 is 0 Å². The summed E-state index contributed by atoms with van der Waals surface area (Å²) in [7, 11) is 0. The fraction of sp³-hybridized carbons (Fsp3) is 1.00. The van der Waals surface area contributed by atoms with E-state index in [2.05, 4.69) is 12.2 Å². The van der Waals surface area contributed by atoms with Crippen LogP contribution >= 0.6 is 0 Å². The number of rotatable bonds is 9. The minimum atomic E-state index is 0.179. The Morgan fingerprint density at radius 2 is 1.60 bits per heavy atom. The van der Waals surface area contributed by atoms with Crippen LogP contribution in [0.5, 0.6) is 0 Å². The van der Waals surface area contributed by atoms with E-state index in [1.54, 1.807) is 0 Å². The van der Waals surface area contributed by atoms with E-state index in [1.807, 2.05) is 0 Å². The van der Waals surface area contributed by atoms with Crippen LogP contribution in [0, 0.1) is 11.8 Å². The molecule has 2 aliphatic rings. The first-order valence-electron chi connectivity index (χ1n) is 9.17. The molecule has 1 atom stereocenters. The summed E-state index contributed by atoms with van der Waals surface area (Å²) in [5.74, 6) is 2.02. The lowest BCUT2D eigenvalue weighted by atomic mass is 9.82. The maximum absolute atomic E-state index is 6.03. The van der Waals surface area contributed by atoms with Gasteiger partial charge in [0.25, 0.3) is 0 Å². The summed E-state index contributed by atoms with van der Waals surface area (Å²) < 4.78 is 0. The van der Waals surface area contributed by atoms with E-state index in [0.717, 1.165) is 18.4 Å². The average molecular weight is 280 g/mol. The molecule has 2 aliphatic carbocycles. The molecule has 0 spiro atoms. The standard InChI is InChI=1S/C18H36N2/c1-18(15-19,20-14-12-17-9-5-10-17)13-6-11-16-7-3-2-4-8-16/h16-17,20H,2-15,19H2,1H3. The van der Waals surface area contributed by atoms with E-state index in [0.29, 0.717) is 0 Å². The van der Waals surface area contributed by atoms with E-state index >= 15 is 0 Å². The Balaban J connectivity index is 1.58. The lowest BCUT2D eigenvalue weighted by molar-refractivity contribution is 0.255. The Morgan fingerprint density at radius 1 is 0.950 bits per heavy atom. The van der Waals surface area contributed by atoms with Gasteiger partial charge in [0.15, 0.2) is 0 Å². The van der Waals surface area contributed by atoms with Gasteiger partial charge in [0.1, 0.15) is 0 Å². The van der Waals surface area contributed by atoms with Crippen LogP contribution in [0.25, 0.3) is 0 Å². The molecule has 2 heteroatoms. The molecule has 0 radical (unpaired) electrons. The number of nitrogens with one attached hydrogen (secondary N) is 1. The quantitative estimate of drug-likeness (QED) is 0.663. The van der Waals surface area contributed by atoms with Crippen molar-refractivity contribution in [3.63, 3.8) is 0 Å². The Hall–Kier alpha value is -0.0800. The summed E-state index contributed by atoms with van der Waals surface area (Å²) in [5.41, 5.74) is 6.21. The first-order chi connectivity index (χ1) is 9.72. The van der Waals surface area contributed by atoms with E-state index in [9.17, 15) is 0 Å². The highest BCUT2D eigenvalue weighted by Crippen LogP contribution is 2.30. The lowest BCUT2D eigenvalue weighted by Crippen LogP contribution is -2.49. The maximum atomic E-state index is 6.03. The van der Waals surface area contributed by atoms with E-state index in [1.165, 1.54) is 83.6 Å². The molecule has 2 saturated carbocycles. The van der Waals surface area contributed by atoms with Crippen molar-refractivity contribution in [3.8, 4) is 0 Å². The molecule has 20 heavy (non-hydrogen) atoms. The SMILES string of the molecule is CC(CN)(CCCC1CCCCC1)NCCC1CCC1. The van der Waals surface area contributed by atoms with E-state index in [-0.39, 0.29) is 5.54 Å². The molecule has 2 rings (SSSR count). The summed E-state index contributed by atoms with van der Waals surface area (Å²) in [5, 5.41) is 3.76. The monoisotopic (exact) mass is 280 g/mol. The Labute approximate surface area is 126 Å². The van der Waals surface area contributed by atoms with E-state index < -0.39 is 0 Å². The summed E-state index contributed by atoms with van der Waals surface area (Å²) in [4.78, 5) is 0. The molecule has 0 aliphatic heterocycles. The van der Waals surface area contributed by atoms with Crippen molar-refractivity contribution in [1.82, 2.24) is 5.32 Å². The van der Waals surface area contributed by atoms with Gasteiger partial charge in [0, 0.05) is 12.1 Å². The summed E-state index contributed by atoms with van der Waals surface area (Å²) >= 11 is 0. The fourth-order valence-electron chi connectivity index (χ4n) is 3.88. The normalized spacial score (nSPS) is 24.3. The van der Waals surface area contributed by atoms with Crippen molar-refractivity contribution >= 4 is 0 Å². The molecule has 2 nitrogen and oxygen atoms in total. The second kappa shape index (κ2) is 8.38. The Morgan fingerprint density at radius 3 is 2.20 bits per heavy atom. The maximum Gasteiger partial charge on any atom is 0.0275 e. The Kier molecular flexibility index (Phi) is 6.83. The number of nitrogens with two attached hydrogens (primary N) is 1. The smallest absolute Gasteiger partial charge is 0.0275 e. The number of hydrogen-bond acceptors (Lipinski definition) is 2. The molecule has 3 N–H and O–H groups in total. The zero-order valence-corrected chi connectivity index (χ0v) is 13.6. The van der Waals surface area contributed by atoms with Gasteiger partial charge in [-0.15, -0.1) is 0 Å². The van der Waals surface area contributed by atoms with Gasteiger partial charge in [-0.25, -0.2) is 0 Å². The third kappa shape index (κ3) is 5.37. The van der Waals surface area contributed by atoms with Crippen molar-refractivity contribution < 1.29 is 0 Å².